The van der Waals surface area contributed by atoms with Gasteiger partial charge in [0.05, 0.1) is 0 Å². The summed E-state index contributed by atoms with van der Waals surface area (Å²) in [4.78, 5) is 13.4. The van der Waals surface area contributed by atoms with Gasteiger partial charge in [-0.3, -0.25) is 0 Å². The van der Waals surface area contributed by atoms with Crippen molar-refractivity contribution in [3.63, 3.8) is 0 Å². The number of nitrogens with one attached hydrogen (secondary N) is 1. The monoisotopic (exact) mass is 263 g/mol. The third-order valence-corrected chi connectivity index (χ3v) is 3.88. The second-order valence-corrected chi connectivity index (χ2v) is 4.98. The van der Waals surface area contributed by atoms with Crippen LogP contribution in [0.4, 0.5) is 11.6 Å². The van der Waals surface area contributed by atoms with E-state index in [2.05, 4.69) is 45.0 Å². The van der Waals surface area contributed by atoms with E-state index in [0.29, 0.717) is 6.04 Å². The number of hydrogen-bond acceptors (Lipinski definition) is 5. The molecule has 1 aromatic heterocycles. The lowest BCUT2D eigenvalue weighted by Crippen LogP contribution is -2.44. The molecule has 5 heteroatoms. The molecule has 0 spiro atoms. The number of rotatable bonds is 5. The molecule has 0 unspecified atom stereocenters. The molecule has 1 aromatic rings. The summed E-state index contributed by atoms with van der Waals surface area (Å²) < 4.78 is 0. The number of anilines is 2. The highest BCUT2D eigenvalue weighted by molar-refractivity contribution is 5.50. The van der Waals surface area contributed by atoms with Crippen molar-refractivity contribution in [3.05, 3.63) is 12.4 Å². The van der Waals surface area contributed by atoms with Crippen LogP contribution in [0.25, 0.3) is 0 Å². The van der Waals surface area contributed by atoms with Gasteiger partial charge in [-0.15, -0.1) is 0 Å². The van der Waals surface area contributed by atoms with Gasteiger partial charge in [-0.1, -0.05) is 0 Å². The Hall–Kier alpha value is -1.36. The highest BCUT2D eigenvalue weighted by atomic mass is 15.2. The number of hydrogen-bond donors (Lipinski definition) is 1. The quantitative estimate of drug-likeness (QED) is 0.872. The standard InChI is InChI=1S/C14H25N5/c1-4-18(5-2)13-9-14(17-11-16-13)19-8-6-7-12(10-19)15-3/h9,11-12,15H,4-8,10H2,1-3H3/t12-/m1/s1. The average molecular weight is 263 g/mol. The smallest absolute Gasteiger partial charge is 0.134 e. The van der Waals surface area contributed by atoms with E-state index in [1.54, 1.807) is 6.33 Å². The SMILES string of the molecule is CCN(CC)c1cc(N2CCC[C@@H](NC)C2)ncn1. The van der Waals surface area contributed by atoms with E-state index in [-0.39, 0.29) is 0 Å². The normalized spacial score (nSPS) is 19.5. The maximum Gasteiger partial charge on any atom is 0.134 e. The third kappa shape index (κ3) is 3.35. The molecule has 1 fully saturated rings. The van der Waals surface area contributed by atoms with E-state index in [1.165, 1.54) is 12.8 Å². The van der Waals surface area contributed by atoms with Crippen molar-refractivity contribution in [1.29, 1.82) is 0 Å². The zero-order valence-electron chi connectivity index (χ0n) is 12.3. The summed E-state index contributed by atoms with van der Waals surface area (Å²) >= 11 is 0. The van der Waals surface area contributed by atoms with Gasteiger partial charge in [-0.25, -0.2) is 9.97 Å². The maximum atomic E-state index is 4.44. The van der Waals surface area contributed by atoms with E-state index in [0.717, 1.165) is 37.8 Å². The Morgan fingerprint density at radius 1 is 1.37 bits per heavy atom. The number of piperidine rings is 1. The number of aromatic nitrogens is 2. The van der Waals surface area contributed by atoms with E-state index in [9.17, 15) is 0 Å². The molecule has 0 amide bonds. The first-order valence-corrected chi connectivity index (χ1v) is 7.27. The van der Waals surface area contributed by atoms with E-state index in [1.807, 2.05) is 7.05 Å². The second kappa shape index (κ2) is 6.70. The Kier molecular flexibility index (Phi) is 4.96. The fourth-order valence-electron chi connectivity index (χ4n) is 2.65. The second-order valence-electron chi connectivity index (χ2n) is 4.98. The van der Waals surface area contributed by atoms with E-state index in [4.69, 9.17) is 0 Å². The van der Waals surface area contributed by atoms with Crippen LogP contribution < -0.4 is 15.1 Å². The van der Waals surface area contributed by atoms with Crippen molar-refractivity contribution >= 4 is 11.6 Å². The Bertz CT molecular complexity index is 391. The van der Waals surface area contributed by atoms with E-state index < -0.39 is 0 Å². The van der Waals surface area contributed by atoms with Gasteiger partial charge in [0.25, 0.3) is 0 Å². The Morgan fingerprint density at radius 3 is 2.84 bits per heavy atom. The van der Waals surface area contributed by atoms with Gasteiger partial charge in [-0.2, -0.15) is 0 Å². The van der Waals surface area contributed by atoms with E-state index >= 15 is 0 Å². The van der Waals surface area contributed by atoms with Crippen LogP contribution in [0.15, 0.2) is 12.4 Å². The minimum Gasteiger partial charge on any atom is -0.357 e. The van der Waals surface area contributed by atoms with Crippen LogP contribution in [0.1, 0.15) is 26.7 Å². The van der Waals surface area contributed by atoms with Crippen molar-refractivity contribution in [2.24, 2.45) is 0 Å². The Morgan fingerprint density at radius 2 is 2.16 bits per heavy atom. The summed E-state index contributed by atoms with van der Waals surface area (Å²) in [5.74, 6) is 2.08. The highest BCUT2D eigenvalue weighted by Crippen LogP contribution is 2.21. The molecular formula is C14H25N5. The summed E-state index contributed by atoms with van der Waals surface area (Å²) in [5, 5.41) is 3.37. The summed E-state index contributed by atoms with van der Waals surface area (Å²) in [5.41, 5.74) is 0. The number of nitrogens with zero attached hydrogens (tertiary/aromatic N) is 4. The zero-order valence-corrected chi connectivity index (χ0v) is 12.3. The first-order chi connectivity index (χ1) is 9.28. The first-order valence-electron chi connectivity index (χ1n) is 7.27. The predicted molar refractivity (Wildman–Crippen MR) is 79.9 cm³/mol. The van der Waals surface area contributed by atoms with Gasteiger partial charge in [-0.05, 0) is 33.7 Å². The molecule has 1 aliphatic heterocycles. The van der Waals surface area contributed by atoms with Crippen molar-refractivity contribution in [3.8, 4) is 0 Å². The summed E-state index contributed by atoms with van der Waals surface area (Å²) in [6.45, 7) is 8.39. The molecule has 19 heavy (non-hydrogen) atoms. The lowest BCUT2D eigenvalue weighted by atomic mass is 10.1. The molecule has 0 aliphatic carbocycles. The van der Waals surface area contributed by atoms with Crippen molar-refractivity contribution < 1.29 is 0 Å². The Labute approximate surface area is 116 Å². The summed E-state index contributed by atoms with van der Waals surface area (Å²) in [6.07, 6.45) is 4.16. The van der Waals surface area contributed by atoms with Crippen molar-refractivity contribution in [2.75, 3.05) is 43.0 Å². The molecule has 1 atom stereocenters. The molecule has 0 bridgehead atoms. The van der Waals surface area contributed by atoms with Crippen LogP contribution in [0.5, 0.6) is 0 Å². The largest absolute Gasteiger partial charge is 0.357 e. The third-order valence-electron chi connectivity index (χ3n) is 3.88. The van der Waals surface area contributed by atoms with Crippen LogP contribution in [-0.4, -0.2) is 49.2 Å². The van der Waals surface area contributed by atoms with Crippen molar-refractivity contribution in [1.82, 2.24) is 15.3 Å². The predicted octanol–water partition coefficient (Wildman–Crippen LogP) is 1.51. The van der Waals surface area contributed by atoms with Crippen LogP contribution in [-0.2, 0) is 0 Å². The molecule has 0 radical (unpaired) electrons. The fourth-order valence-corrected chi connectivity index (χ4v) is 2.65. The molecule has 106 valence electrons. The van der Waals surface area contributed by atoms with Gasteiger partial charge in [0.1, 0.15) is 18.0 Å². The van der Waals surface area contributed by atoms with Gasteiger partial charge >= 0.3 is 0 Å². The topological polar surface area (TPSA) is 44.3 Å². The lowest BCUT2D eigenvalue weighted by molar-refractivity contribution is 0.447. The molecule has 5 nitrogen and oxygen atoms in total. The fraction of sp³-hybridized carbons (Fsp3) is 0.714. The maximum absolute atomic E-state index is 4.44. The molecule has 1 saturated heterocycles. The van der Waals surface area contributed by atoms with Gasteiger partial charge in [0, 0.05) is 38.3 Å². The number of likely N-dealkylation sites (N-methyl/N-ethyl adjacent to an activating group) is 1. The van der Waals surface area contributed by atoms with Gasteiger partial charge in [0.2, 0.25) is 0 Å². The molecule has 0 aromatic carbocycles. The van der Waals surface area contributed by atoms with Crippen LogP contribution in [0.2, 0.25) is 0 Å². The minimum atomic E-state index is 0.570. The van der Waals surface area contributed by atoms with Crippen LogP contribution in [0.3, 0.4) is 0 Å². The molecule has 1 N–H and O–H groups in total. The first kappa shape index (κ1) is 14.1. The minimum absolute atomic E-state index is 0.570. The summed E-state index contributed by atoms with van der Waals surface area (Å²) in [7, 11) is 2.04. The van der Waals surface area contributed by atoms with Crippen LogP contribution >= 0.6 is 0 Å². The zero-order chi connectivity index (χ0) is 13.7. The lowest BCUT2D eigenvalue weighted by Gasteiger charge is -2.33. The molecule has 0 saturated carbocycles. The Balaban J connectivity index is 2.13. The van der Waals surface area contributed by atoms with Crippen LogP contribution in [0, 0.1) is 0 Å². The highest BCUT2D eigenvalue weighted by Gasteiger charge is 2.20. The molecule has 2 rings (SSSR count). The molecular weight excluding hydrogens is 238 g/mol. The van der Waals surface area contributed by atoms with Gasteiger partial charge in [0.15, 0.2) is 0 Å². The summed E-state index contributed by atoms with van der Waals surface area (Å²) in [6, 6.07) is 2.69. The average Bonchev–Trinajstić information content (AvgIpc) is 2.49. The van der Waals surface area contributed by atoms with Crippen molar-refractivity contribution in [2.45, 2.75) is 32.7 Å². The molecule has 1 aliphatic rings. The van der Waals surface area contributed by atoms with Gasteiger partial charge < -0.3 is 15.1 Å². The molecule has 2 heterocycles.